The Bertz CT molecular complexity index is 673. The second-order valence-electron chi connectivity index (χ2n) is 6.52. The van der Waals surface area contributed by atoms with Crippen molar-refractivity contribution in [3.05, 3.63) is 41.7 Å². The number of benzene rings is 1. The molecule has 0 aliphatic carbocycles. The highest BCUT2D eigenvalue weighted by Crippen LogP contribution is 2.18. The summed E-state index contributed by atoms with van der Waals surface area (Å²) in [6.07, 6.45) is 1.71. The monoisotopic (exact) mass is 376 g/mol. The SMILES string of the molecule is COCCn1c(CCc2ccccc2)nnc1SCC(=O)NCC(C)C. The molecule has 6 nitrogen and oxygen atoms in total. The molecule has 0 unspecified atom stereocenters. The van der Waals surface area contributed by atoms with Crippen LogP contribution in [-0.2, 0) is 28.9 Å². The van der Waals surface area contributed by atoms with Gasteiger partial charge in [0.25, 0.3) is 0 Å². The van der Waals surface area contributed by atoms with E-state index in [0.717, 1.165) is 23.8 Å². The summed E-state index contributed by atoms with van der Waals surface area (Å²) < 4.78 is 7.28. The smallest absolute Gasteiger partial charge is 0.230 e. The maximum atomic E-state index is 11.9. The van der Waals surface area contributed by atoms with E-state index in [1.54, 1.807) is 7.11 Å². The zero-order chi connectivity index (χ0) is 18.8. The van der Waals surface area contributed by atoms with Gasteiger partial charge in [0.05, 0.1) is 12.4 Å². The van der Waals surface area contributed by atoms with Crippen molar-refractivity contribution in [2.75, 3.05) is 26.0 Å². The predicted octanol–water partition coefficient (Wildman–Crippen LogP) is 2.57. The maximum Gasteiger partial charge on any atom is 0.230 e. The Balaban J connectivity index is 1.97. The summed E-state index contributed by atoms with van der Waals surface area (Å²) in [7, 11) is 1.68. The molecule has 1 N–H and O–H groups in total. The van der Waals surface area contributed by atoms with Gasteiger partial charge in [-0.05, 0) is 17.9 Å². The van der Waals surface area contributed by atoms with Crippen LogP contribution in [0, 0.1) is 5.92 Å². The fourth-order valence-corrected chi connectivity index (χ4v) is 3.23. The van der Waals surface area contributed by atoms with Crippen molar-refractivity contribution in [2.24, 2.45) is 5.92 Å². The fraction of sp³-hybridized carbons (Fsp3) is 0.526. The van der Waals surface area contributed by atoms with Crippen molar-refractivity contribution >= 4 is 17.7 Å². The van der Waals surface area contributed by atoms with Gasteiger partial charge in [-0.2, -0.15) is 0 Å². The average Bonchev–Trinajstić information content (AvgIpc) is 3.03. The van der Waals surface area contributed by atoms with Crippen LogP contribution in [0.25, 0.3) is 0 Å². The van der Waals surface area contributed by atoms with Gasteiger partial charge in [0.15, 0.2) is 5.16 Å². The van der Waals surface area contributed by atoms with Crippen LogP contribution in [0.1, 0.15) is 25.2 Å². The van der Waals surface area contributed by atoms with Crippen LogP contribution < -0.4 is 5.32 Å². The number of rotatable bonds is 11. The number of aromatic nitrogens is 3. The molecule has 142 valence electrons. The molecule has 0 bridgehead atoms. The highest BCUT2D eigenvalue weighted by atomic mass is 32.2. The molecule has 0 fully saturated rings. The highest BCUT2D eigenvalue weighted by molar-refractivity contribution is 7.99. The van der Waals surface area contributed by atoms with E-state index in [4.69, 9.17) is 4.74 Å². The quantitative estimate of drug-likeness (QED) is 0.611. The zero-order valence-corrected chi connectivity index (χ0v) is 16.6. The van der Waals surface area contributed by atoms with Crippen LogP contribution in [0.2, 0.25) is 0 Å². The number of nitrogens with one attached hydrogen (secondary N) is 1. The summed E-state index contributed by atoms with van der Waals surface area (Å²) in [4.78, 5) is 11.9. The van der Waals surface area contributed by atoms with Crippen molar-refractivity contribution in [3.63, 3.8) is 0 Å². The number of amides is 1. The molecule has 1 amide bonds. The summed E-state index contributed by atoms with van der Waals surface area (Å²) in [5.41, 5.74) is 1.27. The standard InChI is InChI=1S/C19H28N4O2S/c1-15(2)13-20-18(24)14-26-19-22-21-17(23(19)11-12-25-3)10-9-16-7-5-4-6-8-16/h4-8,15H,9-14H2,1-3H3,(H,20,24). The Morgan fingerprint density at radius 1 is 1.23 bits per heavy atom. The van der Waals surface area contributed by atoms with Crippen LogP contribution in [-0.4, -0.2) is 46.7 Å². The van der Waals surface area contributed by atoms with Gasteiger partial charge in [-0.25, -0.2) is 0 Å². The van der Waals surface area contributed by atoms with Crippen LogP contribution in [0.15, 0.2) is 35.5 Å². The molecule has 2 aromatic rings. The number of hydrogen-bond acceptors (Lipinski definition) is 5. The first-order valence-corrected chi connectivity index (χ1v) is 9.93. The largest absolute Gasteiger partial charge is 0.383 e. The Hall–Kier alpha value is -1.86. The first-order valence-electron chi connectivity index (χ1n) is 8.94. The number of thioether (sulfide) groups is 1. The lowest BCUT2D eigenvalue weighted by Crippen LogP contribution is -2.28. The Morgan fingerprint density at radius 3 is 2.69 bits per heavy atom. The second-order valence-corrected chi connectivity index (χ2v) is 7.46. The molecule has 0 aliphatic rings. The average molecular weight is 377 g/mol. The van der Waals surface area contributed by atoms with Crippen LogP contribution in [0.3, 0.4) is 0 Å². The third-order valence-electron chi connectivity index (χ3n) is 3.83. The van der Waals surface area contributed by atoms with E-state index in [1.807, 2.05) is 18.2 Å². The van der Waals surface area contributed by atoms with E-state index in [1.165, 1.54) is 17.3 Å². The Labute approximate surface area is 159 Å². The number of carbonyl (C=O) groups excluding carboxylic acids is 1. The van der Waals surface area contributed by atoms with E-state index < -0.39 is 0 Å². The fourth-order valence-electron chi connectivity index (χ4n) is 2.42. The van der Waals surface area contributed by atoms with Gasteiger partial charge >= 0.3 is 0 Å². The number of ether oxygens (including phenoxy) is 1. The Morgan fingerprint density at radius 2 is 2.00 bits per heavy atom. The molecule has 26 heavy (non-hydrogen) atoms. The zero-order valence-electron chi connectivity index (χ0n) is 15.8. The lowest BCUT2D eigenvalue weighted by atomic mass is 10.1. The highest BCUT2D eigenvalue weighted by Gasteiger charge is 2.14. The molecule has 1 aromatic carbocycles. The number of methoxy groups -OCH3 is 1. The number of hydrogen-bond donors (Lipinski definition) is 1. The van der Waals surface area contributed by atoms with Gasteiger partial charge in [0.1, 0.15) is 5.82 Å². The van der Waals surface area contributed by atoms with Crippen LogP contribution in [0.4, 0.5) is 0 Å². The third kappa shape index (κ3) is 6.80. The summed E-state index contributed by atoms with van der Waals surface area (Å²) in [6.45, 7) is 6.12. The Kier molecular flexibility index (Phi) is 8.64. The van der Waals surface area contributed by atoms with Crippen molar-refractivity contribution in [2.45, 2.75) is 38.4 Å². The number of nitrogens with zero attached hydrogens (tertiary/aromatic N) is 3. The van der Waals surface area contributed by atoms with Crippen molar-refractivity contribution in [1.29, 1.82) is 0 Å². The summed E-state index contributed by atoms with van der Waals surface area (Å²) in [6, 6.07) is 10.3. The lowest BCUT2D eigenvalue weighted by Gasteiger charge is -2.10. The molecular formula is C19H28N4O2S. The van der Waals surface area contributed by atoms with Gasteiger partial charge in [-0.1, -0.05) is 55.9 Å². The third-order valence-corrected chi connectivity index (χ3v) is 4.80. The minimum atomic E-state index is 0.0239. The van der Waals surface area contributed by atoms with E-state index in [2.05, 4.69) is 46.1 Å². The molecular weight excluding hydrogens is 348 g/mol. The van der Waals surface area contributed by atoms with E-state index in [9.17, 15) is 4.79 Å². The minimum absolute atomic E-state index is 0.0239. The van der Waals surface area contributed by atoms with Crippen molar-refractivity contribution in [3.8, 4) is 0 Å². The van der Waals surface area contributed by atoms with Crippen molar-refractivity contribution in [1.82, 2.24) is 20.1 Å². The maximum absolute atomic E-state index is 11.9. The number of carbonyl (C=O) groups is 1. The van der Waals surface area contributed by atoms with Gasteiger partial charge in [-0.15, -0.1) is 10.2 Å². The van der Waals surface area contributed by atoms with Crippen molar-refractivity contribution < 1.29 is 9.53 Å². The van der Waals surface area contributed by atoms with E-state index in [0.29, 0.717) is 31.4 Å². The number of aryl methyl sites for hydroxylation is 2. The second kappa shape index (κ2) is 11.0. The summed E-state index contributed by atoms with van der Waals surface area (Å²) >= 11 is 1.42. The van der Waals surface area contributed by atoms with Gasteiger partial charge in [0.2, 0.25) is 5.91 Å². The molecule has 0 saturated carbocycles. The molecule has 7 heteroatoms. The normalized spacial score (nSPS) is 11.1. The summed E-state index contributed by atoms with van der Waals surface area (Å²) in [5.74, 6) is 1.74. The van der Waals surface area contributed by atoms with Crippen LogP contribution in [0.5, 0.6) is 0 Å². The van der Waals surface area contributed by atoms with Crippen LogP contribution >= 0.6 is 11.8 Å². The first kappa shape index (κ1) is 20.5. The summed E-state index contributed by atoms with van der Waals surface area (Å²) in [5, 5.41) is 12.3. The lowest BCUT2D eigenvalue weighted by molar-refractivity contribution is -0.118. The van der Waals surface area contributed by atoms with Gasteiger partial charge < -0.3 is 14.6 Å². The molecule has 0 radical (unpaired) electrons. The molecule has 2 rings (SSSR count). The topological polar surface area (TPSA) is 69.0 Å². The minimum Gasteiger partial charge on any atom is -0.383 e. The molecule has 1 aromatic heterocycles. The molecule has 0 spiro atoms. The van der Waals surface area contributed by atoms with E-state index in [-0.39, 0.29) is 5.91 Å². The molecule has 0 saturated heterocycles. The molecule has 0 aliphatic heterocycles. The van der Waals surface area contributed by atoms with E-state index >= 15 is 0 Å². The first-order chi connectivity index (χ1) is 12.6. The van der Waals surface area contributed by atoms with Gasteiger partial charge in [0, 0.05) is 26.6 Å². The molecule has 0 atom stereocenters. The van der Waals surface area contributed by atoms with Gasteiger partial charge in [-0.3, -0.25) is 4.79 Å². The predicted molar refractivity (Wildman–Crippen MR) is 104 cm³/mol. The molecule has 1 heterocycles.